The molecule has 2 N–H and O–H groups in total. The van der Waals surface area contributed by atoms with E-state index < -0.39 is 17.6 Å². The minimum atomic E-state index is -0.492. The molecule has 0 bridgehead atoms. The highest BCUT2D eigenvalue weighted by Gasteiger charge is 2.66. The topological polar surface area (TPSA) is 66.8 Å². The summed E-state index contributed by atoms with van der Waals surface area (Å²) in [4.78, 5) is 12.4. The molecule has 4 nitrogen and oxygen atoms in total. The summed E-state index contributed by atoms with van der Waals surface area (Å²) in [5.74, 6) is 1.53. The summed E-state index contributed by atoms with van der Waals surface area (Å²) >= 11 is 0. The second-order valence-corrected chi connectivity index (χ2v) is 11.6. The number of hydrogen-bond donors (Lipinski definition) is 2. The van der Waals surface area contributed by atoms with Gasteiger partial charge in [-0.15, -0.1) is 0 Å². The highest BCUT2D eigenvalue weighted by atomic mass is 16.5. The zero-order valence-corrected chi connectivity index (χ0v) is 19.6. The van der Waals surface area contributed by atoms with Crippen LogP contribution in [0.25, 0.3) is 0 Å². The van der Waals surface area contributed by atoms with Gasteiger partial charge in [-0.25, -0.2) is 0 Å². The third-order valence-electron chi connectivity index (χ3n) is 10.3. The van der Waals surface area contributed by atoms with Crippen molar-refractivity contribution in [2.45, 2.75) is 110 Å². The molecule has 0 heterocycles. The number of carbonyl (C=O) groups is 1. The minimum Gasteiger partial charge on any atom is -0.393 e. The van der Waals surface area contributed by atoms with Crippen molar-refractivity contribution in [2.24, 2.45) is 40.4 Å². The van der Waals surface area contributed by atoms with Crippen LogP contribution in [-0.4, -0.2) is 40.9 Å². The van der Waals surface area contributed by atoms with Crippen molar-refractivity contribution in [2.75, 3.05) is 6.61 Å². The zero-order chi connectivity index (χ0) is 21.7. The molecule has 0 radical (unpaired) electrons. The average molecular weight is 421 g/mol. The monoisotopic (exact) mass is 420 g/mol. The Morgan fingerprint density at radius 2 is 1.83 bits per heavy atom. The minimum absolute atomic E-state index is 0.0564. The summed E-state index contributed by atoms with van der Waals surface area (Å²) in [6.45, 7) is 9.32. The molecule has 0 aromatic heterocycles. The Labute approximate surface area is 183 Å². The van der Waals surface area contributed by atoms with Crippen LogP contribution in [0.2, 0.25) is 0 Å². The van der Waals surface area contributed by atoms with Crippen LogP contribution in [0.4, 0.5) is 0 Å². The number of fused-ring (bicyclic) bond motifs is 5. The lowest BCUT2D eigenvalue weighted by Gasteiger charge is -2.62. The fraction of sp³-hybridized carbons (Fsp3) is 0.962. The van der Waals surface area contributed by atoms with E-state index in [4.69, 9.17) is 4.74 Å². The van der Waals surface area contributed by atoms with Gasteiger partial charge in [0.05, 0.1) is 18.3 Å². The van der Waals surface area contributed by atoms with Crippen molar-refractivity contribution in [1.82, 2.24) is 0 Å². The Morgan fingerprint density at radius 1 is 1.07 bits per heavy atom. The van der Waals surface area contributed by atoms with Crippen molar-refractivity contribution >= 4 is 5.78 Å². The van der Waals surface area contributed by atoms with E-state index in [2.05, 4.69) is 20.8 Å². The number of ketones is 1. The van der Waals surface area contributed by atoms with Crippen LogP contribution >= 0.6 is 0 Å². The Bertz CT molecular complexity index is 635. The number of rotatable bonds is 6. The Hall–Kier alpha value is -0.450. The van der Waals surface area contributed by atoms with Gasteiger partial charge in [-0.1, -0.05) is 33.6 Å². The summed E-state index contributed by atoms with van der Waals surface area (Å²) in [5, 5.41) is 22.4. The van der Waals surface area contributed by atoms with Gasteiger partial charge < -0.3 is 14.9 Å². The first-order valence-corrected chi connectivity index (χ1v) is 12.7. The zero-order valence-electron chi connectivity index (χ0n) is 19.6. The highest BCUT2D eigenvalue weighted by Crippen LogP contribution is 2.67. The first-order chi connectivity index (χ1) is 14.2. The summed E-state index contributed by atoms with van der Waals surface area (Å²) < 4.78 is 6.25. The number of aliphatic hydroxyl groups excluding tert-OH is 2. The summed E-state index contributed by atoms with van der Waals surface area (Å²) in [6.07, 6.45) is 10.2. The van der Waals surface area contributed by atoms with Gasteiger partial charge >= 0.3 is 0 Å². The number of aliphatic hydroxyl groups is 2. The lowest BCUT2D eigenvalue weighted by atomic mass is 9.44. The molecule has 30 heavy (non-hydrogen) atoms. The molecule has 0 saturated heterocycles. The Balaban J connectivity index is 1.50. The quantitative estimate of drug-likeness (QED) is 0.609. The number of ether oxygens (including phenoxy) is 1. The van der Waals surface area contributed by atoms with Crippen LogP contribution in [0, 0.1) is 40.4 Å². The van der Waals surface area contributed by atoms with E-state index in [1.165, 1.54) is 32.1 Å². The van der Waals surface area contributed by atoms with Crippen LogP contribution < -0.4 is 0 Å². The number of unbranched alkanes of at least 4 members (excludes halogenated alkanes) is 2. The Kier molecular flexibility index (Phi) is 6.43. The molecule has 172 valence electrons. The normalized spacial score (nSPS) is 50.5. The van der Waals surface area contributed by atoms with Crippen molar-refractivity contribution in [3.8, 4) is 0 Å². The molecule has 4 heteroatoms. The van der Waals surface area contributed by atoms with E-state index in [1.807, 2.05) is 0 Å². The molecule has 0 aromatic rings. The molecule has 4 aliphatic carbocycles. The molecular weight excluding hydrogens is 376 g/mol. The van der Waals surface area contributed by atoms with Crippen molar-refractivity contribution in [3.05, 3.63) is 0 Å². The van der Waals surface area contributed by atoms with Crippen LogP contribution in [-0.2, 0) is 9.53 Å². The third-order valence-corrected chi connectivity index (χ3v) is 10.3. The molecule has 0 aliphatic heterocycles. The van der Waals surface area contributed by atoms with Crippen LogP contribution in [0.1, 0.15) is 91.9 Å². The van der Waals surface area contributed by atoms with Gasteiger partial charge in [0, 0.05) is 17.9 Å². The SMILES string of the molecule is CCCCCOC1CC[C@@]2(C)C(CC[C@H]3[C@@H]4C(O)C[C@H](C(C)=O)[C@@]4(C)C(O)C[C@@H]32)C1. The van der Waals surface area contributed by atoms with Gasteiger partial charge in [0.25, 0.3) is 0 Å². The number of carbonyl (C=O) groups excluding carboxylic acids is 1. The standard InChI is InChI=1S/C26H44O4/c1-5-6-7-12-30-18-10-11-25(3)17(13-18)8-9-19-21(25)15-23(29)26(4)20(16(2)27)14-22(28)24(19)26/h17-24,28-29H,5-15H2,1-4H3/t17?,18?,19-,20-,21+,22?,23?,24-,25+,26+/m1/s1. The first kappa shape index (κ1) is 22.7. The lowest BCUT2D eigenvalue weighted by Crippen LogP contribution is -2.60. The molecule has 0 spiro atoms. The first-order valence-electron chi connectivity index (χ1n) is 12.7. The lowest BCUT2D eigenvalue weighted by molar-refractivity contribution is -0.186. The second kappa shape index (κ2) is 8.48. The molecule has 4 rings (SSSR count). The summed E-state index contributed by atoms with van der Waals surface area (Å²) in [6, 6.07) is 0. The van der Waals surface area contributed by atoms with Gasteiger partial charge in [0.1, 0.15) is 5.78 Å². The van der Waals surface area contributed by atoms with E-state index in [-0.39, 0.29) is 23.0 Å². The predicted molar refractivity (Wildman–Crippen MR) is 118 cm³/mol. The van der Waals surface area contributed by atoms with Gasteiger partial charge in [-0.3, -0.25) is 4.79 Å². The number of Topliss-reactive ketones (excluding diaryl/α,β-unsaturated/α-hetero) is 1. The van der Waals surface area contributed by atoms with Crippen molar-refractivity contribution < 1.29 is 19.7 Å². The van der Waals surface area contributed by atoms with E-state index in [1.54, 1.807) is 6.92 Å². The van der Waals surface area contributed by atoms with E-state index in [0.29, 0.717) is 30.3 Å². The largest absolute Gasteiger partial charge is 0.393 e. The van der Waals surface area contributed by atoms with Crippen LogP contribution in [0.5, 0.6) is 0 Å². The van der Waals surface area contributed by atoms with Gasteiger partial charge in [-0.2, -0.15) is 0 Å². The summed E-state index contributed by atoms with van der Waals surface area (Å²) in [7, 11) is 0. The van der Waals surface area contributed by atoms with E-state index >= 15 is 0 Å². The van der Waals surface area contributed by atoms with Gasteiger partial charge in [-0.05, 0) is 87.4 Å². The fourth-order valence-corrected chi connectivity index (χ4v) is 8.62. The van der Waals surface area contributed by atoms with Crippen molar-refractivity contribution in [1.29, 1.82) is 0 Å². The van der Waals surface area contributed by atoms with Crippen molar-refractivity contribution in [3.63, 3.8) is 0 Å². The molecule has 4 saturated carbocycles. The summed E-state index contributed by atoms with van der Waals surface area (Å²) in [5.41, 5.74) is -0.238. The maximum atomic E-state index is 12.4. The Morgan fingerprint density at radius 3 is 2.53 bits per heavy atom. The molecule has 0 aromatic carbocycles. The molecule has 10 atom stereocenters. The molecule has 4 unspecified atom stereocenters. The second-order valence-electron chi connectivity index (χ2n) is 11.6. The fourth-order valence-electron chi connectivity index (χ4n) is 8.62. The smallest absolute Gasteiger partial charge is 0.133 e. The van der Waals surface area contributed by atoms with Gasteiger partial charge in [0.2, 0.25) is 0 Å². The maximum absolute atomic E-state index is 12.4. The predicted octanol–water partition coefficient (Wildman–Crippen LogP) is 4.75. The van der Waals surface area contributed by atoms with E-state index in [0.717, 1.165) is 32.3 Å². The molecule has 4 fully saturated rings. The average Bonchev–Trinajstić information content (AvgIpc) is 2.99. The van der Waals surface area contributed by atoms with Crippen LogP contribution in [0.15, 0.2) is 0 Å². The van der Waals surface area contributed by atoms with E-state index in [9.17, 15) is 15.0 Å². The number of hydrogen-bond acceptors (Lipinski definition) is 4. The van der Waals surface area contributed by atoms with Gasteiger partial charge in [0.15, 0.2) is 0 Å². The highest BCUT2D eigenvalue weighted by molar-refractivity contribution is 5.80. The maximum Gasteiger partial charge on any atom is 0.133 e. The molecule has 0 amide bonds. The third kappa shape index (κ3) is 3.49. The molecular formula is C26H44O4. The van der Waals surface area contributed by atoms with Crippen LogP contribution in [0.3, 0.4) is 0 Å². The molecule has 4 aliphatic rings.